The summed E-state index contributed by atoms with van der Waals surface area (Å²) in [5.74, 6) is -0.450. The van der Waals surface area contributed by atoms with Gasteiger partial charge in [0, 0.05) is 24.2 Å². The second-order valence-electron chi connectivity index (χ2n) is 6.40. The summed E-state index contributed by atoms with van der Waals surface area (Å²) in [7, 11) is 0. The molecule has 0 aliphatic carbocycles. The van der Waals surface area contributed by atoms with Gasteiger partial charge in [0.1, 0.15) is 18.3 Å². The number of carbonyl (C=O) groups excluding carboxylic acids is 1. The van der Waals surface area contributed by atoms with Crippen LogP contribution in [0, 0.1) is 6.92 Å². The molecule has 1 aliphatic heterocycles. The number of aromatic nitrogens is 3. The van der Waals surface area contributed by atoms with Gasteiger partial charge in [0.05, 0.1) is 24.8 Å². The lowest BCUT2D eigenvalue weighted by Gasteiger charge is -2.38. The molecule has 1 amide bonds. The Bertz CT molecular complexity index is 925. The third-order valence-corrected chi connectivity index (χ3v) is 4.44. The summed E-state index contributed by atoms with van der Waals surface area (Å²) in [5, 5.41) is 23.3. The highest BCUT2D eigenvalue weighted by Gasteiger charge is 2.39. The van der Waals surface area contributed by atoms with Crippen molar-refractivity contribution in [1.82, 2.24) is 19.9 Å². The van der Waals surface area contributed by atoms with Gasteiger partial charge in [-0.25, -0.2) is 4.79 Å². The van der Waals surface area contributed by atoms with Gasteiger partial charge < -0.3 is 20.3 Å². The van der Waals surface area contributed by atoms with Crippen LogP contribution in [0.15, 0.2) is 40.3 Å². The second-order valence-corrected chi connectivity index (χ2v) is 6.40. The molecule has 3 rings (SSSR count). The molecule has 2 aromatic heterocycles. The number of amides is 1. The number of ether oxygens (including phenoxy) is 1. The predicted octanol–water partition coefficient (Wildman–Crippen LogP) is -1.84. The van der Waals surface area contributed by atoms with E-state index in [0.717, 1.165) is 0 Å². The lowest BCUT2D eigenvalue weighted by molar-refractivity contribution is -0.152. The molecule has 4 N–H and O–H groups in total. The molecule has 0 saturated carbocycles. The van der Waals surface area contributed by atoms with Gasteiger partial charge in [0.15, 0.2) is 0 Å². The normalized spacial score (nSPS) is 25.1. The number of nitrogens with zero attached hydrogens (tertiary/aromatic N) is 2. The van der Waals surface area contributed by atoms with E-state index in [-0.39, 0.29) is 13.2 Å². The van der Waals surface area contributed by atoms with Gasteiger partial charge in [-0.3, -0.25) is 24.1 Å². The van der Waals surface area contributed by atoms with Crippen molar-refractivity contribution in [3.8, 4) is 0 Å². The fourth-order valence-corrected chi connectivity index (χ4v) is 2.87. The van der Waals surface area contributed by atoms with Crippen LogP contribution in [-0.2, 0) is 11.3 Å². The Labute approximate surface area is 153 Å². The standard InChI is InChI=1S/C17H20N4O6/c1-9-6-21(17(26)20-15(9)24)7-12-14(23)13(22)11(8-27-12)19-16(25)10-3-2-4-18-5-10/h2-6,11-14,22-23H,7-8H2,1H3,(H,19,25)(H,20,24,26)/t11-,12-,13+,14-/m1/s1. The predicted molar refractivity (Wildman–Crippen MR) is 93.3 cm³/mol. The minimum atomic E-state index is -1.34. The molecular weight excluding hydrogens is 356 g/mol. The third kappa shape index (κ3) is 4.13. The zero-order valence-electron chi connectivity index (χ0n) is 14.5. The molecule has 3 heterocycles. The van der Waals surface area contributed by atoms with Crippen molar-refractivity contribution in [2.75, 3.05) is 6.61 Å². The van der Waals surface area contributed by atoms with Crippen LogP contribution in [0.3, 0.4) is 0 Å². The summed E-state index contributed by atoms with van der Waals surface area (Å²) in [4.78, 5) is 41.5. The SMILES string of the molecule is Cc1cn(C[C@H]2OC[C@@H](NC(=O)c3cccnc3)[C@H](O)[C@@H]2O)c(=O)[nH]c1=O. The summed E-state index contributed by atoms with van der Waals surface area (Å²) < 4.78 is 6.75. The van der Waals surface area contributed by atoms with E-state index in [0.29, 0.717) is 11.1 Å². The maximum Gasteiger partial charge on any atom is 0.328 e. The van der Waals surface area contributed by atoms with E-state index in [1.54, 1.807) is 19.1 Å². The van der Waals surface area contributed by atoms with Gasteiger partial charge in [-0.05, 0) is 19.1 Å². The first-order valence-electron chi connectivity index (χ1n) is 8.36. The maximum atomic E-state index is 12.2. The molecule has 1 saturated heterocycles. The van der Waals surface area contributed by atoms with Crippen LogP contribution in [0.1, 0.15) is 15.9 Å². The van der Waals surface area contributed by atoms with Gasteiger partial charge in [0.25, 0.3) is 11.5 Å². The van der Waals surface area contributed by atoms with E-state index in [9.17, 15) is 24.6 Å². The van der Waals surface area contributed by atoms with E-state index < -0.39 is 41.5 Å². The van der Waals surface area contributed by atoms with E-state index in [4.69, 9.17) is 4.74 Å². The zero-order valence-corrected chi connectivity index (χ0v) is 14.5. The Balaban J connectivity index is 1.67. The van der Waals surface area contributed by atoms with Crippen molar-refractivity contribution in [2.24, 2.45) is 0 Å². The van der Waals surface area contributed by atoms with Gasteiger partial charge in [-0.1, -0.05) is 0 Å². The average molecular weight is 376 g/mol. The number of hydrogen-bond acceptors (Lipinski definition) is 7. The van der Waals surface area contributed by atoms with Crippen LogP contribution in [0.5, 0.6) is 0 Å². The van der Waals surface area contributed by atoms with E-state index in [1.807, 2.05) is 0 Å². The number of aromatic amines is 1. The topological polar surface area (TPSA) is 147 Å². The summed E-state index contributed by atoms with van der Waals surface area (Å²) >= 11 is 0. The van der Waals surface area contributed by atoms with Crippen LogP contribution in [-0.4, -0.2) is 61.6 Å². The number of aryl methyl sites for hydroxylation is 1. The van der Waals surface area contributed by atoms with Crippen LogP contribution >= 0.6 is 0 Å². The van der Waals surface area contributed by atoms with Gasteiger partial charge in [-0.2, -0.15) is 0 Å². The smallest absolute Gasteiger partial charge is 0.328 e. The molecule has 0 radical (unpaired) electrons. The monoisotopic (exact) mass is 376 g/mol. The van der Waals surface area contributed by atoms with Crippen molar-refractivity contribution >= 4 is 5.91 Å². The molecule has 144 valence electrons. The van der Waals surface area contributed by atoms with Gasteiger partial charge >= 0.3 is 5.69 Å². The van der Waals surface area contributed by atoms with Crippen LogP contribution in [0.2, 0.25) is 0 Å². The molecule has 27 heavy (non-hydrogen) atoms. The van der Waals surface area contributed by atoms with Gasteiger partial charge in [0.2, 0.25) is 0 Å². The number of pyridine rings is 1. The molecule has 1 fully saturated rings. The number of hydrogen-bond donors (Lipinski definition) is 4. The summed E-state index contributed by atoms with van der Waals surface area (Å²) in [5.41, 5.74) is -0.471. The fourth-order valence-electron chi connectivity index (χ4n) is 2.87. The lowest BCUT2D eigenvalue weighted by Crippen LogP contribution is -2.60. The molecule has 0 aromatic carbocycles. The lowest BCUT2D eigenvalue weighted by atomic mass is 9.97. The van der Waals surface area contributed by atoms with Crippen LogP contribution < -0.4 is 16.6 Å². The molecule has 10 nitrogen and oxygen atoms in total. The van der Waals surface area contributed by atoms with E-state index >= 15 is 0 Å². The van der Waals surface area contributed by atoms with Crippen molar-refractivity contribution in [3.05, 3.63) is 62.7 Å². The Hall–Kier alpha value is -2.82. The summed E-state index contributed by atoms with van der Waals surface area (Å²) in [6.45, 7) is 1.44. The van der Waals surface area contributed by atoms with Gasteiger partial charge in [-0.15, -0.1) is 0 Å². The molecule has 2 aromatic rings. The molecule has 10 heteroatoms. The Morgan fingerprint density at radius 2 is 2.19 bits per heavy atom. The largest absolute Gasteiger partial charge is 0.388 e. The van der Waals surface area contributed by atoms with E-state index in [1.165, 1.54) is 23.2 Å². The molecule has 0 spiro atoms. The molecular formula is C17H20N4O6. The highest BCUT2D eigenvalue weighted by Crippen LogP contribution is 2.17. The Morgan fingerprint density at radius 3 is 2.89 bits per heavy atom. The Morgan fingerprint density at radius 1 is 1.41 bits per heavy atom. The molecule has 1 aliphatic rings. The highest BCUT2D eigenvalue weighted by molar-refractivity contribution is 5.94. The van der Waals surface area contributed by atoms with Crippen molar-refractivity contribution in [1.29, 1.82) is 0 Å². The number of carbonyl (C=O) groups is 1. The van der Waals surface area contributed by atoms with Crippen molar-refractivity contribution in [2.45, 2.75) is 37.8 Å². The first-order valence-corrected chi connectivity index (χ1v) is 8.36. The number of aliphatic hydroxyl groups is 2. The number of H-pyrrole nitrogens is 1. The summed E-state index contributed by atoms with van der Waals surface area (Å²) in [6.07, 6.45) is 0.773. The van der Waals surface area contributed by atoms with E-state index in [2.05, 4.69) is 15.3 Å². The van der Waals surface area contributed by atoms with Crippen LogP contribution in [0.25, 0.3) is 0 Å². The number of nitrogens with one attached hydrogen (secondary N) is 2. The number of rotatable bonds is 4. The third-order valence-electron chi connectivity index (χ3n) is 4.44. The first-order chi connectivity index (χ1) is 12.9. The second kappa shape index (κ2) is 7.82. The van der Waals surface area contributed by atoms with Crippen LogP contribution in [0.4, 0.5) is 0 Å². The first kappa shape index (κ1) is 19.0. The molecule has 0 unspecified atom stereocenters. The molecule has 0 bridgehead atoms. The van der Waals surface area contributed by atoms with Crippen molar-refractivity contribution in [3.63, 3.8) is 0 Å². The highest BCUT2D eigenvalue weighted by atomic mass is 16.5. The average Bonchev–Trinajstić information content (AvgIpc) is 2.66. The fraction of sp³-hybridized carbons (Fsp3) is 0.412. The number of aliphatic hydroxyl groups excluding tert-OH is 2. The quantitative estimate of drug-likeness (QED) is 0.490. The zero-order chi connectivity index (χ0) is 19.6. The van der Waals surface area contributed by atoms with Crippen molar-refractivity contribution < 1.29 is 19.7 Å². The Kier molecular flexibility index (Phi) is 5.49. The summed E-state index contributed by atoms with van der Waals surface area (Å²) in [6, 6.07) is 2.36. The minimum absolute atomic E-state index is 0.0496. The maximum absolute atomic E-state index is 12.2. The molecule has 4 atom stereocenters. The minimum Gasteiger partial charge on any atom is -0.388 e.